The third-order valence-corrected chi connectivity index (χ3v) is 4.05. The van der Waals surface area contributed by atoms with E-state index in [1.54, 1.807) is 7.11 Å². The van der Waals surface area contributed by atoms with Crippen LogP contribution in [0.15, 0.2) is 24.3 Å². The maximum Gasteiger partial charge on any atom is 0.255 e. The number of rotatable bonds is 9. The molecule has 1 aromatic rings. The van der Waals surface area contributed by atoms with Crippen molar-refractivity contribution >= 4 is 5.91 Å². The molecular weight excluding hydrogens is 292 g/mol. The SMILES string of the molecule is COCCNCCNC(=O)c1ccccc1OC1CCCCC1. The first-order valence-electron chi connectivity index (χ1n) is 8.55. The first kappa shape index (κ1) is 17.8. The zero-order valence-electron chi connectivity index (χ0n) is 14.0. The second-order valence-corrected chi connectivity index (χ2v) is 5.87. The minimum absolute atomic E-state index is 0.0787. The third-order valence-electron chi connectivity index (χ3n) is 4.05. The van der Waals surface area contributed by atoms with Gasteiger partial charge in [-0.3, -0.25) is 4.79 Å². The number of hydrogen-bond donors (Lipinski definition) is 2. The minimum Gasteiger partial charge on any atom is -0.490 e. The van der Waals surface area contributed by atoms with Crippen molar-refractivity contribution in [3.05, 3.63) is 29.8 Å². The van der Waals surface area contributed by atoms with Crippen LogP contribution in [0, 0.1) is 0 Å². The van der Waals surface area contributed by atoms with Crippen molar-refractivity contribution in [3.63, 3.8) is 0 Å². The van der Waals surface area contributed by atoms with E-state index in [0.29, 0.717) is 24.5 Å². The topological polar surface area (TPSA) is 59.6 Å². The van der Waals surface area contributed by atoms with E-state index >= 15 is 0 Å². The Kier molecular flexibility index (Phi) is 7.90. The average molecular weight is 320 g/mol. The van der Waals surface area contributed by atoms with E-state index in [1.165, 1.54) is 19.3 Å². The predicted octanol–water partition coefficient (Wildman–Crippen LogP) is 2.36. The summed E-state index contributed by atoms with van der Waals surface area (Å²) in [6.45, 7) is 2.76. The van der Waals surface area contributed by atoms with Crippen LogP contribution in [-0.2, 0) is 4.74 Å². The molecule has 128 valence electrons. The molecule has 1 saturated carbocycles. The average Bonchev–Trinajstić information content (AvgIpc) is 2.59. The third kappa shape index (κ3) is 6.20. The highest BCUT2D eigenvalue weighted by atomic mass is 16.5. The molecule has 0 atom stereocenters. The number of ether oxygens (including phenoxy) is 2. The standard InChI is InChI=1S/C18H28N2O3/c1-22-14-13-19-11-12-20-18(21)16-9-5-6-10-17(16)23-15-7-3-2-4-8-15/h5-6,9-10,15,19H,2-4,7-8,11-14H2,1H3,(H,20,21). The molecule has 2 N–H and O–H groups in total. The summed E-state index contributed by atoms with van der Waals surface area (Å²) in [5.74, 6) is 0.620. The molecule has 1 amide bonds. The second-order valence-electron chi connectivity index (χ2n) is 5.87. The number of carbonyl (C=O) groups excluding carboxylic acids is 1. The Morgan fingerprint density at radius 2 is 1.91 bits per heavy atom. The van der Waals surface area contributed by atoms with E-state index in [-0.39, 0.29) is 12.0 Å². The van der Waals surface area contributed by atoms with Crippen LogP contribution in [0.3, 0.4) is 0 Å². The van der Waals surface area contributed by atoms with E-state index in [0.717, 1.165) is 25.9 Å². The Hall–Kier alpha value is -1.59. The second kappa shape index (κ2) is 10.2. The minimum atomic E-state index is -0.0787. The Morgan fingerprint density at radius 1 is 1.13 bits per heavy atom. The van der Waals surface area contributed by atoms with Gasteiger partial charge in [0.2, 0.25) is 0 Å². The first-order valence-corrected chi connectivity index (χ1v) is 8.55. The lowest BCUT2D eigenvalue weighted by atomic mass is 9.97. The van der Waals surface area contributed by atoms with Crippen LogP contribution in [-0.4, -0.2) is 45.4 Å². The lowest BCUT2D eigenvalue weighted by molar-refractivity contribution is 0.0942. The van der Waals surface area contributed by atoms with Crippen LogP contribution in [0.2, 0.25) is 0 Å². The zero-order valence-corrected chi connectivity index (χ0v) is 14.0. The summed E-state index contributed by atoms with van der Waals surface area (Å²) in [5.41, 5.74) is 0.620. The van der Waals surface area contributed by atoms with Gasteiger partial charge in [0.25, 0.3) is 5.91 Å². The number of nitrogens with one attached hydrogen (secondary N) is 2. The van der Waals surface area contributed by atoms with Gasteiger partial charge in [-0.2, -0.15) is 0 Å². The van der Waals surface area contributed by atoms with Crippen molar-refractivity contribution in [2.45, 2.75) is 38.2 Å². The molecular formula is C18H28N2O3. The fraction of sp³-hybridized carbons (Fsp3) is 0.611. The molecule has 0 unspecified atom stereocenters. The van der Waals surface area contributed by atoms with E-state index in [9.17, 15) is 4.79 Å². The van der Waals surface area contributed by atoms with Gasteiger partial charge >= 0.3 is 0 Å². The number of hydrogen-bond acceptors (Lipinski definition) is 4. The summed E-state index contributed by atoms with van der Waals surface area (Å²) in [5, 5.41) is 6.13. The van der Waals surface area contributed by atoms with Crippen molar-refractivity contribution in [1.82, 2.24) is 10.6 Å². The van der Waals surface area contributed by atoms with Gasteiger partial charge in [-0.15, -0.1) is 0 Å². The smallest absolute Gasteiger partial charge is 0.255 e. The number of carbonyl (C=O) groups is 1. The molecule has 0 saturated heterocycles. The van der Waals surface area contributed by atoms with Gasteiger partial charge in [0.15, 0.2) is 0 Å². The fourth-order valence-corrected chi connectivity index (χ4v) is 2.78. The molecule has 2 rings (SSSR count). The molecule has 0 radical (unpaired) electrons. The summed E-state index contributed by atoms with van der Waals surface area (Å²) >= 11 is 0. The molecule has 1 fully saturated rings. The van der Waals surface area contributed by atoms with Crippen LogP contribution in [0.4, 0.5) is 0 Å². The summed E-state index contributed by atoms with van der Waals surface area (Å²) in [6, 6.07) is 7.51. The van der Waals surface area contributed by atoms with Gasteiger partial charge in [0.05, 0.1) is 18.3 Å². The van der Waals surface area contributed by atoms with Crippen molar-refractivity contribution in [2.24, 2.45) is 0 Å². The largest absolute Gasteiger partial charge is 0.490 e. The van der Waals surface area contributed by atoms with Crippen LogP contribution in [0.1, 0.15) is 42.5 Å². The van der Waals surface area contributed by atoms with Crippen LogP contribution in [0.25, 0.3) is 0 Å². The highest BCUT2D eigenvalue weighted by Gasteiger charge is 2.18. The Morgan fingerprint density at radius 3 is 2.70 bits per heavy atom. The molecule has 0 aliphatic heterocycles. The van der Waals surface area contributed by atoms with Crippen molar-refractivity contribution in [2.75, 3.05) is 33.4 Å². The Bertz CT molecular complexity index is 473. The van der Waals surface area contributed by atoms with E-state index in [2.05, 4.69) is 10.6 Å². The molecule has 0 bridgehead atoms. The number of methoxy groups -OCH3 is 1. The van der Waals surface area contributed by atoms with Gasteiger partial charge in [-0.05, 0) is 37.8 Å². The molecule has 1 aliphatic rings. The summed E-state index contributed by atoms with van der Waals surface area (Å²) in [4.78, 5) is 12.4. The highest BCUT2D eigenvalue weighted by Crippen LogP contribution is 2.25. The van der Waals surface area contributed by atoms with Crippen LogP contribution in [0.5, 0.6) is 5.75 Å². The van der Waals surface area contributed by atoms with Gasteiger partial charge in [-0.1, -0.05) is 18.6 Å². The molecule has 0 spiro atoms. The first-order chi connectivity index (χ1) is 11.3. The van der Waals surface area contributed by atoms with Gasteiger partial charge < -0.3 is 20.1 Å². The normalized spacial score (nSPS) is 15.3. The van der Waals surface area contributed by atoms with Gasteiger partial charge in [0.1, 0.15) is 5.75 Å². The number of benzene rings is 1. The Balaban J connectivity index is 1.82. The molecule has 0 aromatic heterocycles. The summed E-state index contributed by atoms with van der Waals surface area (Å²) in [6.07, 6.45) is 6.13. The molecule has 23 heavy (non-hydrogen) atoms. The maximum absolute atomic E-state index is 12.4. The molecule has 1 aromatic carbocycles. The van der Waals surface area contributed by atoms with Crippen molar-refractivity contribution in [1.29, 1.82) is 0 Å². The molecule has 5 nitrogen and oxygen atoms in total. The van der Waals surface area contributed by atoms with Crippen LogP contribution >= 0.6 is 0 Å². The van der Waals surface area contributed by atoms with E-state index < -0.39 is 0 Å². The van der Waals surface area contributed by atoms with Crippen molar-refractivity contribution < 1.29 is 14.3 Å². The quantitative estimate of drug-likeness (QED) is 0.686. The predicted molar refractivity (Wildman–Crippen MR) is 91.0 cm³/mol. The van der Waals surface area contributed by atoms with E-state index in [1.807, 2.05) is 24.3 Å². The number of amides is 1. The molecule has 1 aliphatic carbocycles. The highest BCUT2D eigenvalue weighted by molar-refractivity contribution is 5.96. The van der Waals surface area contributed by atoms with Gasteiger partial charge in [0, 0.05) is 26.7 Å². The lowest BCUT2D eigenvalue weighted by Crippen LogP contribution is -2.33. The maximum atomic E-state index is 12.4. The van der Waals surface area contributed by atoms with Crippen LogP contribution < -0.4 is 15.4 Å². The summed E-state index contributed by atoms with van der Waals surface area (Å²) in [7, 11) is 1.67. The molecule has 5 heteroatoms. The fourth-order valence-electron chi connectivity index (χ4n) is 2.78. The van der Waals surface area contributed by atoms with E-state index in [4.69, 9.17) is 9.47 Å². The monoisotopic (exact) mass is 320 g/mol. The van der Waals surface area contributed by atoms with Gasteiger partial charge in [-0.25, -0.2) is 0 Å². The molecule has 0 heterocycles. The number of para-hydroxylation sites is 1. The van der Waals surface area contributed by atoms with Crippen molar-refractivity contribution in [3.8, 4) is 5.75 Å². The zero-order chi connectivity index (χ0) is 16.3. The summed E-state index contributed by atoms with van der Waals surface area (Å²) < 4.78 is 11.0. The lowest BCUT2D eigenvalue weighted by Gasteiger charge is -2.24. The Labute approximate surface area is 138 Å².